The van der Waals surface area contributed by atoms with Crippen LogP contribution in [-0.4, -0.2) is 32.2 Å². The lowest BCUT2D eigenvalue weighted by molar-refractivity contribution is -0.124. The zero-order valence-corrected chi connectivity index (χ0v) is 15.9. The van der Waals surface area contributed by atoms with E-state index < -0.39 is 21.7 Å². The Labute approximate surface area is 156 Å². The summed E-state index contributed by atoms with van der Waals surface area (Å²) in [7, 11) is -2.70. The van der Waals surface area contributed by atoms with Crippen molar-refractivity contribution in [2.75, 3.05) is 12.4 Å². The topological polar surface area (TPSA) is 78.8 Å². The molecule has 1 aliphatic rings. The maximum Gasteiger partial charge on any atom is 0.297 e. The first-order chi connectivity index (χ1) is 11.6. The smallest absolute Gasteiger partial charge is 0.297 e. The van der Waals surface area contributed by atoms with Gasteiger partial charge in [-0.05, 0) is 6.07 Å². The zero-order valence-electron chi connectivity index (χ0n) is 12.8. The van der Waals surface area contributed by atoms with Gasteiger partial charge in [-0.1, -0.05) is 35.3 Å². The van der Waals surface area contributed by atoms with Crippen molar-refractivity contribution in [2.24, 2.45) is 4.40 Å². The highest BCUT2D eigenvalue weighted by Crippen LogP contribution is 2.50. The Balaban J connectivity index is 2.25. The van der Waals surface area contributed by atoms with Crippen LogP contribution in [0.5, 0.6) is 0 Å². The van der Waals surface area contributed by atoms with Gasteiger partial charge in [-0.2, -0.15) is 8.42 Å². The molecule has 2 heterocycles. The number of halogens is 3. The van der Waals surface area contributed by atoms with E-state index >= 15 is 0 Å². The van der Waals surface area contributed by atoms with Crippen LogP contribution in [0.25, 0.3) is 11.1 Å². The number of benzene rings is 1. The Morgan fingerprint density at radius 2 is 2.04 bits per heavy atom. The van der Waals surface area contributed by atoms with Crippen molar-refractivity contribution in [2.45, 2.75) is 11.1 Å². The number of hydrogen-bond acceptors (Lipinski definition) is 5. The fourth-order valence-electron chi connectivity index (χ4n) is 2.20. The third-order valence-electron chi connectivity index (χ3n) is 3.52. The summed E-state index contributed by atoms with van der Waals surface area (Å²) in [6, 6.07) is 4.14. The van der Waals surface area contributed by atoms with Gasteiger partial charge in [0.1, 0.15) is 10.2 Å². The maximum absolute atomic E-state index is 13.8. The molecule has 1 N–H and O–H groups in total. The Kier molecular flexibility index (Phi) is 4.52. The standard InChI is InChI=1S/C14H10Cl2FN3O3S2/c1-6(21)20(2)14-18-11-9(7-4-3-5-8(17)10(7)15)12(16)24-13(11)25(22,23)19-14/h3-5H,1-2H3,(H,18,19). The number of rotatable bonds is 1. The summed E-state index contributed by atoms with van der Waals surface area (Å²) in [4.78, 5) is 12.6. The van der Waals surface area contributed by atoms with Crippen molar-refractivity contribution in [3.05, 3.63) is 33.4 Å². The molecule has 1 aliphatic heterocycles. The number of guanidine groups is 1. The number of hydrogen-bond donors (Lipinski definition) is 1. The van der Waals surface area contributed by atoms with Crippen LogP contribution in [0.3, 0.4) is 0 Å². The van der Waals surface area contributed by atoms with Crippen LogP contribution in [-0.2, 0) is 14.8 Å². The van der Waals surface area contributed by atoms with Crippen LogP contribution in [0.2, 0.25) is 9.36 Å². The van der Waals surface area contributed by atoms with Crippen LogP contribution >= 0.6 is 34.5 Å². The van der Waals surface area contributed by atoms with E-state index in [-0.39, 0.29) is 36.3 Å². The van der Waals surface area contributed by atoms with Gasteiger partial charge in [0.05, 0.1) is 10.7 Å². The Bertz CT molecular complexity index is 1030. The highest BCUT2D eigenvalue weighted by atomic mass is 35.5. The minimum absolute atomic E-state index is 0.107. The molecule has 0 saturated carbocycles. The second-order valence-electron chi connectivity index (χ2n) is 5.11. The number of nitrogens with zero attached hydrogens (tertiary/aromatic N) is 2. The quantitative estimate of drug-likeness (QED) is 0.758. The summed E-state index contributed by atoms with van der Waals surface area (Å²) < 4.78 is 42.3. The molecular weight excluding hydrogens is 412 g/mol. The molecule has 11 heteroatoms. The first kappa shape index (κ1) is 18.1. The second-order valence-corrected chi connectivity index (χ2v) is 8.91. The van der Waals surface area contributed by atoms with Crippen molar-refractivity contribution in [1.29, 1.82) is 0 Å². The lowest BCUT2D eigenvalue weighted by atomic mass is 10.1. The molecule has 3 rings (SSSR count). The molecule has 0 radical (unpaired) electrons. The van der Waals surface area contributed by atoms with Gasteiger partial charge < -0.3 is 5.32 Å². The number of anilines is 1. The SMILES string of the molecule is CC(=O)N(C)C1=NS(=O)(=O)c2sc(Cl)c(-c3cccc(F)c3Cl)c2N1. The van der Waals surface area contributed by atoms with Gasteiger partial charge in [0, 0.05) is 25.1 Å². The number of fused-ring (bicyclic) bond motifs is 1. The largest absolute Gasteiger partial charge is 0.322 e. The Morgan fingerprint density at radius 3 is 2.68 bits per heavy atom. The molecule has 2 aromatic rings. The summed E-state index contributed by atoms with van der Waals surface area (Å²) in [5.74, 6) is -1.26. The molecule has 1 aromatic heterocycles. The van der Waals surface area contributed by atoms with Crippen molar-refractivity contribution < 1.29 is 17.6 Å². The van der Waals surface area contributed by atoms with Gasteiger partial charge >= 0.3 is 0 Å². The van der Waals surface area contributed by atoms with Crippen LogP contribution in [0.4, 0.5) is 10.1 Å². The average Bonchev–Trinajstić information content (AvgIpc) is 2.86. The minimum Gasteiger partial charge on any atom is -0.322 e. The molecule has 1 aromatic carbocycles. The highest BCUT2D eigenvalue weighted by molar-refractivity contribution is 7.92. The molecule has 25 heavy (non-hydrogen) atoms. The van der Waals surface area contributed by atoms with Crippen molar-refractivity contribution >= 4 is 62.1 Å². The molecule has 0 aliphatic carbocycles. The number of nitrogens with one attached hydrogen (secondary N) is 1. The predicted molar refractivity (Wildman–Crippen MR) is 96.4 cm³/mol. The zero-order chi connectivity index (χ0) is 18.5. The van der Waals surface area contributed by atoms with Crippen LogP contribution in [0.1, 0.15) is 6.92 Å². The third-order valence-corrected chi connectivity index (χ3v) is 7.07. The molecule has 0 unspecified atom stereocenters. The van der Waals surface area contributed by atoms with Gasteiger partial charge in [0.25, 0.3) is 10.0 Å². The monoisotopic (exact) mass is 421 g/mol. The molecule has 132 valence electrons. The molecule has 0 spiro atoms. The second kappa shape index (κ2) is 6.24. The van der Waals surface area contributed by atoms with Gasteiger partial charge in [0.2, 0.25) is 11.9 Å². The Morgan fingerprint density at radius 1 is 1.36 bits per heavy atom. The fourth-order valence-corrected chi connectivity index (χ4v) is 5.39. The molecule has 1 amide bonds. The summed E-state index contributed by atoms with van der Waals surface area (Å²) in [5, 5.41) is 2.60. The van der Waals surface area contributed by atoms with E-state index in [4.69, 9.17) is 23.2 Å². The summed E-state index contributed by atoms with van der Waals surface area (Å²) in [6.45, 7) is 1.26. The minimum atomic E-state index is -4.07. The average molecular weight is 422 g/mol. The van der Waals surface area contributed by atoms with Gasteiger partial charge in [-0.25, -0.2) is 4.39 Å². The van der Waals surface area contributed by atoms with E-state index in [1.807, 2.05) is 0 Å². The lowest BCUT2D eigenvalue weighted by Crippen LogP contribution is -2.39. The summed E-state index contributed by atoms with van der Waals surface area (Å²) in [5.41, 5.74) is 0.582. The number of sulfonamides is 1. The summed E-state index contributed by atoms with van der Waals surface area (Å²) >= 11 is 13.0. The van der Waals surface area contributed by atoms with Gasteiger partial charge in [0.15, 0.2) is 4.21 Å². The molecule has 0 saturated heterocycles. The van der Waals surface area contributed by atoms with Crippen molar-refractivity contribution in [3.63, 3.8) is 0 Å². The van der Waals surface area contributed by atoms with Gasteiger partial charge in [-0.15, -0.1) is 15.7 Å². The number of thiophene rings is 1. The van der Waals surface area contributed by atoms with Crippen LogP contribution < -0.4 is 5.32 Å². The first-order valence-corrected chi connectivity index (χ1v) is 9.77. The highest BCUT2D eigenvalue weighted by Gasteiger charge is 2.34. The molecule has 0 atom stereocenters. The molecule has 0 bridgehead atoms. The molecule has 6 nitrogen and oxygen atoms in total. The number of amides is 1. The van der Waals surface area contributed by atoms with Crippen molar-refractivity contribution in [1.82, 2.24) is 4.90 Å². The fraction of sp³-hybridized carbons (Fsp3) is 0.143. The maximum atomic E-state index is 13.8. The number of carbonyl (C=O) groups is 1. The first-order valence-electron chi connectivity index (χ1n) is 6.76. The van der Waals surface area contributed by atoms with E-state index in [0.29, 0.717) is 0 Å². The third kappa shape index (κ3) is 3.01. The normalized spacial score (nSPS) is 15.2. The van der Waals surface area contributed by atoms with Crippen LogP contribution in [0, 0.1) is 5.82 Å². The Hall–Kier alpha value is -1.68. The predicted octanol–water partition coefficient (Wildman–Crippen LogP) is 3.81. The summed E-state index contributed by atoms with van der Waals surface area (Å²) in [6.07, 6.45) is 0. The lowest BCUT2D eigenvalue weighted by Gasteiger charge is -2.22. The van der Waals surface area contributed by atoms with E-state index in [0.717, 1.165) is 16.2 Å². The van der Waals surface area contributed by atoms with E-state index in [1.54, 1.807) is 0 Å². The van der Waals surface area contributed by atoms with Crippen molar-refractivity contribution in [3.8, 4) is 11.1 Å². The van der Waals surface area contributed by atoms with Crippen LogP contribution in [0.15, 0.2) is 26.8 Å². The van der Waals surface area contributed by atoms with E-state index in [1.165, 1.54) is 32.2 Å². The molecule has 0 fully saturated rings. The van der Waals surface area contributed by atoms with Gasteiger partial charge in [-0.3, -0.25) is 9.69 Å². The molecular formula is C14H10Cl2FN3O3S2. The number of carbonyl (C=O) groups excluding carboxylic acids is 1. The van der Waals surface area contributed by atoms with E-state index in [9.17, 15) is 17.6 Å². The van der Waals surface area contributed by atoms with E-state index in [2.05, 4.69) is 9.71 Å².